The molecule has 0 radical (unpaired) electrons. The van der Waals surface area contributed by atoms with Crippen LogP contribution in [0.4, 0.5) is 0 Å². The largest absolute Gasteiger partial charge is 0.491 e. The highest BCUT2D eigenvalue weighted by atomic mass is 16.5. The molecule has 1 aromatic rings. The smallest absolute Gasteiger partial charge is 0.119 e. The number of rotatable bonds is 9. The van der Waals surface area contributed by atoms with Gasteiger partial charge in [0.1, 0.15) is 5.75 Å². The van der Waals surface area contributed by atoms with E-state index in [2.05, 4.69) is 30.9 Å². The Morgan fingerprint density at radius 2 is 1.60 bits per heavy atom. The predicted octanol–water partition coefficient (Wildman–Crippen LogP) is 3.60. The first-order chi connectivity index (χ1) is 9.56. The summed E-state index contributed by atoms with van der Waals surface area (Å²) in [6.45, 7) is 11.7. The maximum Gasteiger partial charge on any atom is 0.119 e. The van der Waals surface area contributed by atoms with Crippen molar-refractivity contribution in [3.63, 3.8) is 0 Å². The summed E-state index contributed by atoms with van der Waals surface area (Å²) in [6.07, 6.45) is 2.56. The van der Waals surface area contributed by atoms with Gasteiger partial charge >= 0.3 is 0 Å². The van der Waals surface area contributed by atoms with Crippen LogP contribution in [0.5, 0.6) is 5.75 Å². The molecule has 1 rings (SSSR count). The van der Waals surface area contributed by atoms with Gasteiger partial charge in [-0.3, -0.25) is 0 Å². The lowest BCUT2D eigenvalue weighted by Crippen LogP contribution is -2.33. The molecule has 0 saturated heterocycles. The molecular formula is C17H30N2O. The molecule has 0 saturated carbocycles. The molecule has 1 atom stereocenters. The maximum absolute atomic E-state index is 6.33. The number of nitrogens with two attached hydrogens (primary N) is 1. The van der Waals surface area contributed by atoms with Gasteiger partial charge in [-0.05, 0) is 57.5 Å². The van der Waals surface area contributed by atoms with Gasteiger partial charge in [-0.2, -0.15) is 0 Å². The molecule has 20 heavy (non-hydrogen) atoms. The van der Waals surface area contributed by atoms with Gasteiger partial charge in [0.15, 0.2) is 0 Å². The lowest BCUT2D eigenvalue weighted by Gasteiger charge is -2.25. The molecule has 0 amide bonds. The van der Waals surface area contributed by atoms with Gasteiger partial charge in [0.05, 0.1) is 6.10 Å². The molecule has 1 unspecified atom stereocenters. The standard InChI is InChI=1S/C17H30N2O/c1-5-11-19(12-6-2)13-17(18)15-7-9-16(10-8-15)20-14(3)4/h7-10,14,17H,5-6,11-13,18H2,1-4H3. The number of ether oxygens (including phenoxy) is 1. The van der Waals surface area contributed by atoms with E-state index in [1.165, 1.54) is 18.4 Å². The van der Waals surface area contributed by atoms with E-state index >= 15 is 0 Å². The molecule has 0 aliphatic heterocycles. The summed E-state index contributed by atoms with van der Waals surface area (Å²) >= 11 is 0. The van der Waals surface area contributed by atoms with Crippen LogP contribution in [0.1, 0.15) is 52.1 Å². The fraction of sp³-hybridized carbons (Fsp3) is 0.647. The first-order valence-corrected chi connectivity index (χ1v) is 7.81. The minimum absolute atomic E-state index is 0.0706. The quantitative estimate of drug-likeness (QED) is 0.750. The molecular weight excluding hydrogens is 248 g/mol. The molecule has 0 bridgehead atoms. The highest BCUT2D eigenvalue weighted by Gasteiger charge is 2.11. The molecule has 3 nitrogen and oxygen atoms in total. The number of hydrogen-bond acceptors (Lipinski definition) is 3. The van der Waals surface area contributed by atoms with Crippen LogP contribution in [0.3, 0.4) is 0 Å². The highest BCUT2D eigenvalue weighted by Crippen LogP contribution is 2.18. The fourth-order valence-corrected chi connectivity index (χ4v) is 2.38. The average Bonchev–Trinajstić information content (AvgIpc) is 2.39. The van der Waals surface area contributed by atoms with Crippen molar-refractivity contribution in [2.24, 2.45) is 5.73 Å². The lowest BCUT2D eigenvalue weighted by atomic mass is 10.1. The summed E-state index contributed by atoms with van der Waals surface area (Å²) in [7, 11) is 0. The summed E-state index contributed by atoms with van der Waals surface area (Å²) in [6, 6.07) is 8.26. The van der Waals surface area contributed by atoms with E-state index in [1.54, 1.807) is 0 Å². The van der Waals surface area contributed by atoms with Crippen LogP contribution in [0, 0.1) is 0 Å². The summed E-state index contributed by atoms with van der Waals surface area (Å²) in [5, 5.41) is 0. The Morgan fingerprint density at radius 3 is 2.05 bits per heavy atom. The summed E-state index contributed by atoms with van der Waals surface area (Å²) in [4.78, 5) is 2.45. The van der Waals surface area contributed by atoms with Gasteiger partial charge in [-0.25, -0.2) is 0 Å². The second kappa shape index (κ2) is 8.98. The third-order valence-corrected chi connectivity index (χ3v) is 3.21. The third-order valence-electron chi connectivity index (χ3n) is 3.21. The predicted molar refractivity (Wildman–Crippen MR) is 86.2 cm³/mol. The monoisotopic (exact) mass is 278 g/mol. The highest BCUT2D eigenvalue weighted by molar-refractivity contribution is 5.29. The van der Waals surface area contributed by atoms with Crippen LogP contribution in [0.25, 0.3) is 0 Å². The van der Waals surface area contributed by atoms with E-state index in [1.807, 2.05) is 26.0 Å². The molecule has 114 valence electrons. The minimum atomic E-state index is 0.0706. The molecule has 0 aliphatic carbocycles. The topological polar surface area (TPSA) is 38.5 Å². The molecule has 3 heteroatoms. The van der Waals surface area contributed by atoms with Crippen molar-refractivity contribution in [3.05, 3.63) is 29.8 Å². The molecule has 2 N–H and O–H groups in total. The fourth-order valence-electron chi connectivity index (χ4n) is 2.38. The van der Waals surface area contributed by atoms with E-state index < -0.39 is 0 Å². The van der Waals surface area contributed by atoms with Crippen LogP contribution in [0.2, 0.25) is 0 Å². The second-order valence-electron chi connectivity index (χ2n) is 5.64. The van der Waals surface area contributed by atoms with E-state index in [-0.39, 0.29) is 12.1 Å². The second-order valence-corrected chi connectivity index (χ2v) is 5.64. The molecule has 0 spiro atoms. The van der Waals surface area contributed by atoms with E-state index in [0.717, 1.165) is 25.4 Å². The maximum atomic E-state index is 6.33. The van der Waals surface area contributed by atoms with E-state index in [9.17, 15) is 0 Å². The van der Waals surface area contributed by atoms with E-state index in [0.29, 0.717) is 0 Å². The molecule has 0 aromatic heterocycles. The zero-order chi connectivity index (χ0) is 15.0. The Hall–Kier alpha value is -1.06. The van der Waals surface area contributed by atoms with Crippen LogP contribution in [-0.2, 0) is 0 Å². The molecule has 0 aliphatic rings. The van der Waals surface area contributed by atoms with Crippen molar-refractivity contribution < 1.29 is 4.74 Å². The van der Waals surface area contributed by atoms with Crippen LogP contribution in [0.15, 0.2) is 24.3 Å². The number of hydrogen-bond donors (Lipinski definition) is 1. The summed E-state index contributed by atoms with van der Waals surface area (Å²) in [5.41, 5.74) is 7.50. The number of nitrogens with zero attached hydrogens (tertiary/aromatic N) is 1. The molecule has 0 fully saturated rings. The molecule has 0 heterocycles. The summed E-state index contributed by atoms with van der Waals surface area (Å²) < 4.78 is 5.66. The van der Waals surface area contributed by atoms with E-state index in [4.69, 9.17) is 10.5 Å². The van der Waals surface area contributed by atoms with Crippen molar-refractivity contribution in [1.29, 1.82) is 0 Å². The summed E-state index contributed by atoms with van der Waals surface area (Å²) in [5.74, 6) is 0.912. The van der Waals surface area contributed by atoms with Crippen molar-refractivity contribution in [1.82, 2.24) is 4.90 Å². The Balaban J connectivity index is 2.59. The lowest BCUT2D eigenvalue weighted by molar-refractivity contribution is 0.242. The number of benzene rings is 1. The van der Waals surface area contributed by atoms with Gasteiger partial charge < -0.3 is 15.4 Å². The minimum Gasteiger partial charge on any atom is -0.491 e. The SMILES string of the molecule is CCCN(CCC)CC(N)c1ccc(OC(C)C)cc1. The van der Waals surface area contributed by atoms with Crippen molar-refractivity contribution >= 4 is 0 Å². The Kier molecular flexibility index (Phi) is 7.63. The van der Waals surface area contributed by atoms with Crippen LogP contribution in [-0.4, -0.2) is 30.6 Å². The first kappa shape index (κ1) is 17.0. The van der Waals surface area contributed by atoms with Crippen molar-refractivity contribution in [2.45, 2.75) is 52.7 Å². The van der Waals surface area contributed by atoms with Gasteiger partial charge in [0.2, 0.25) is 0 Å². The Morgan fingerprint density at radius 1 is 1.05 bits per heavy atom. The Bertz CT molecular complexity index is 356. The van der Waals surface area contributed by atoms with Gasteiger partial charge in [-0.15, -0.1) is 0 Å². The van der Waals surface area contributed by atoms with Gasteiger partial charge in [0, 0.05) is 12.6 Å². The average molecular weight is 278 g/mol. The van der Waals surface area contributed by atoms with Crippen molar-refractivity contribution in [3.8, 4) is 5.75 Å². The normalized spacial score (nSPS) is 12.9. The first-order valence-electron chi connectivity index (χ1n) is 7.81. The molecule has 1 aromatic carbocycles. The van der Waals surface area contributed by atoms with Gasteiger partial charge in [-0.1, -0.05) is 26.0 Å². The Labute approximate surface area is 124 Å². The van der Waals surface area contributed by atoms with Gasteiger partial charge in [0.25, 0.3) is 0 Å². The van der Waals surface area contributed by atoms with Crippen LogP contribution < -0.4 is 10.5 Å². The van der Waals surface area contributed by atoms with Crippen LogP contribution >= 0.6 is 0 Å². The van der Waals surface area contributed by atoms with Crippen molar-refractivity contribution in [2.75, 3.05) is 19.6 Å². The zero-order valence-electron chi connectivity index (χ0n) is 13.4. The third kappa shape index (κ3) is 5.93. The zero-order valence-corrected chi connectivity index (χ0v) is 13.4.